The summed E-state index contributed by atoms with van der Waals surface area (Å²) in [7, 11) is -2.13. The summed E-state index contributed by atoms with van der Waals surface area (Å²) in [5.74, 6) is -1.63. The van der Waals surface area contributed by atoms with Crippen LogP contribution in [0.3, 0.4) is 0 Å². The number of likely N-dealkylation sites (tertiary alicyclic amines) is 1. The van der Waals surface area contributed by atoms with Gasteiger partial charge in [0.1, 0.15) is 7.11 Å². The molecule has 0 aromatic heterocycles. The molecule has 1 aromatic rings. The van der Waals surface area contributed by atoms with Crippen LogP contribution in [0.2, 0.25) is 0 Å². The number of sulfonamides is 1. The molecular formula is C20H26F3N3O4S. The van der Waals surface area contributed by atoms with E-state index in [1.54, 1.807) is 24.3 Å². The summed E-state index contributed by atoms with van der Waals surface area (Å²) in [4.78, 5) is 17.1. The fourth-order valence-electron chi connectivity index (χ4n) is 4.00. The predicted octanol–water partition coefficient (Wildman–Crippen LogP) is 2.82. The van der Waals surface area contributed by atoms with Crippen LogP contribution in [0.25, 0.3) is 0 Å². The van der Waals surface area contributed by atoms with Gasteiger partial charge >= 0.3 is 12.1 Å². The van der Waals surface area contributed by atoms with E-state index in [9.17, 15) is 26.4 Å². The van der Waals surface area contributed by atoms with E-state index in [4.69, 9.17) is 4.84 Å². The third-order valence-corrected chi connectivity index (χ3v) is 7.66. The van der Waals surface area contributed by atoms with Crippen molar-refractivity contribution in [2.45, 2.75) is 43.2 Å². The van der Waals surface area contributed by atoms with E-state index in [0.29, 0.717) is 45.2 Å². The summed E-state index contributed by atoms with van der Waals surface area (Å²) in [6.07, 6.45) is -2.17. The third-order valence-electron chi connectivity index (χ3n) is 5.75. The number of benzene rings is 1. The van der Waals surface area contributed by atoms with Gasteiger partial charge in [-0.2, -0.15) is 17.5 Å². The SMILES string of the molecule is CON=C1CCN(S(=O)(=O)c2ccc(CC3CCN(C(=O)C(F)(F)F)CC3)cc2)CC1. The van der Waals surface area contributed by atoms with Crippen LogP contribution in [0.5, 0.6) is 0 Å². The fraction of sp³-hybridized carbons (Fsp3) is 0.600. The zero-order valence-electron chi connectivity index (χ0n) is 17.3. The normalized spacial score (nSPS) is 19.4. The van der Waals surface area contributed by atoms with E-state index in [1.807, 2.05) is 0 Å². The minimum Gasteiger partial charge on any atom is -0.399 e. The smallest absolute Gasteiger partial charge is 0.399 e. The number of alkyl halides is 3. The molecule has 0 atom stereocenters. The highest BCUT2D eigenvalue weighted by molar-refractivity contribution is 7.89. The van der Waals surface area contributed by atoms with Crippen LogP contribution in [0, 0.1) is 5.92 Å². The maximum atomic E-state index is 12.9. The van der Waals surface area contributed by atoms with Crippen molar-refractivity contribution in [2.75, 3.05) is 33.3 Å². The standard InChI is InChI=1S/C20H26F3N3O4S/c1-30-24-17-8-12-26(13-9-17)31(28,29)18-4-2-15(3-5-18)14-16-6-10-25(11-7-16)19(27)20(21,22)23/h2-5,16H,6-14H2,1H3. The quantitative estimate of drug-likeness (QED) is 0.632. The van der Waals surface area contributed by atoms with Crippen LogP contribution >= 0.6 is 0 Å². The van der Waals surface area contributed by atoms with Crippen LogP contribution in [-0.4, -0.2) is 68.7 Å². The first-order valence-electron chi connectivity index (χ1n) is 10.2. The molecule has 2 aliphatic rings. The molecule has 1 amide bonds. The highest BCUT2D eigenvalue weighted by atomic mass is 32.2. The fourth-order valence-corrected chi connectivity index (χ4v) is 5.45. The van der Waals surface area contributed by atoms with Gasteiger partial charge in [0, 0.05) is 39.0 Å². The van der Waals surface area contributed by atoms with Gasteiger partial charge in [-0.1, -0.05) is 17.3 Å². The number of amides is 1. The van der Waals surface area contributed by atoms with Crippen molar-refractivity contribution in [1.82, 2.24) is 9.21 Å². The minimum atomic E-state index is -4.83. The van der Waals surface area contributed by atoms with Crippen molar-refractivity contribution in [3.63, 3.8) is 0 Å². The molecule has 172 valence electrons. The van der Waals surface area contributed by atoms with E-state index < -0.39 is 22.1 Å². The molecule has 11 heteroatoms. The maximum absolute atomic E-state index is 12.9. The molecule has 7 nitrogen and oxygen atoms in total. The van der Waals surface area contributed by atoms with Gasteiger partial charge in [-0.3, -0.25) is 4.79 Å². The molecule has 2 aliphatic heterocycles. The van der Waals surface area contributed by atoms with Gasteiger partial charge in [-0.15, -0.1) is 0 Å². The zero-order chi connectivity index (χ0) is 22.6. The molecule has 3 rings (SSSR count). The summed E-state index contributed by atoms with van der Waals surface area (Å²) in [6, 6.07) is 6.65. The Morgan fingerprint density at radius 2 is 1.68 bits per heavy atom. The first kappa shape index (κ1) is 23.5. The van der Waals surface area contributed by atoms with E-state index in [2.05, 4.69) is 5.16 Å². The van der Waals surface area contributed by atoms with Gasteiger partial charge in [-0.25, -0.2) is 8.42 Å². The number of oxime groups is 1. The Hall–Kier alpha value is -2.14. The van der Waals surface area contributed by atoms with Crippen molar-refractivity contribution in [3.05, 3.63) is 29.8 Å². The number of piperidine rings is 2. The highest BCUT2D eigenvalue weighted by Gasteiger charge is 2.43. The Morgan fingerprint density at radius 3 is 2.19 bits per heavy atom. The molecule has 2 saturated heterocycles. The van der Waals surface area contributed by atoms with E-state index in [1.165, 1.54) is 11.4 Å². The molecule has 1 aromatic carbocycles. The highest BCUT2D eigenvalue weighted by Crippen LogP contribution is 2.27. The largest absolute Gasteiger partial charge is 0.471 e. The Morgan fingerprint density at radius 1 is 1.10 bits per heavy atom. The molecule has 0 aliphatic carbocycles. The second-order valence-electron chi connectivity index (χ2n) is 7.83. The van der Waals surface area contributed by atoms with Crippen molar-refractivity contribution in [2.24, 2.45) is 11.1 Å². The number of rotatable bonds is 5. The number of hydrogen-bond donors (Lipinski definition) is 0. The zero-order valence-corrected chi connectivity index (χ0v) is 18.1. The number of nitrogens with zero attached hydrogens (tertiary/aromatic N) is 3. The number of carbonyl (C=O) groups excluding carboxylic acids is 1. The number of halogens is 3. The summed E-state index contributed by atoms with van der Waals surface area (Å²) < 4.78 is 64.8. The van der Waals surface area contributed by atoms with Crippen LogP contribution < -0.4 is 0 Å². The number of hydrogen-bond acceptors (Lipinski definition) is 5. The Balaban J connectivity index is 1.55. The van der Waals surface area contributed by atoms with Crippen molar-refractivity contribution in [1.29, 1.82) is 0 Å². The second-order valence-corrected chi connectivity index (χ2v) is 9.76. The second kappa shape index (κ2) is 9.56. The minimum absolute atomic E-state index is 0.0821. The number of carbonyl (C=O) groups is 1. The lowest BCUT2D eigenvalue weighted by molar-refractivity contribution is -0.186. The average Bonchev–Trinajstić information content (AvgIpc) is 2.74. The summed E-state index contributed by atoms with van der Waals surface area (Å²) in [5, 5.41) is 3.88. The first-order chi connectivity index (χ1) is 14.6. The molecule has 2 fully saturated rings. The van der Waals surface area contributed by atoms with Crippen molar-refractivity contribution < 1.29 is 31.2 Å². The lowest BCUT2D eigenvalue weighted by atomic mass is 9.90. The maximum Gasteiger partial charge on any atom is 0.471 e. The van der Waals surface area contributed by atoms with Crippen LogP contribution in [-0.2, 0) is 26.1 Å². The molecule has 0 spiro atoms. The monoisotopic (exact) mass is 461 g/mol. The Kier molecular flexibility index (Phi) is 7.25. The van der Waals surface area contributed by atoms with Gasteiger partial charge in [0.25, 0.3) is 0 Å². The van der Waals surface area contributed by atoms with Crippen molar-refractivity contribution in [3.8, 4) is 0 Å². The molecule has 0 N–H and O–H groups in total. The Labute approximate surface area is 179 Å². The molecule has 0 bridgehead atoms. The van der Waals surface area contributed by atoms with Gasteiger partial charge in [0.05, 0.1) is 10.6 Å². The third kappa shape index (κ3) is 5.76. The van der Waals surface area contributed by atoms with E-state index >= 15 is 0 Å². The lowest BCUT2D eigenvalue weighted by Crippen LogP contribution is -2.45. The average molecular weight is 462 g/mol. The molecular weight excluding hydrogens is 435 g/mol. The predicted molar refractivity (Wildman–Crippen MR) is 108 cm³/mol. The Bertz CT molecular complexity index is 899. The van der Waals surface area contributed by atoms with Gasteiger partial charge in [0.15, 0.2) is 0 Å². The van der Waals surface area contributed by atoms with Gasteiger partial charge < -0.3 is 9.74 Å². The molecule has 0 radical (unpaired) electrons. The van der Waals surface area contributed by atoms with E-state index in [0.717, 1.165) is 16.2 Å². The summed E-state index contributed by atoms with van der Waals surface area (Å²) in [5.41, 5.74) is 1.76. The molecule has 0 saturated carbocycles. The van der Waals surface area contributed by atoms with Crippen LogP contribution in [0.1, 0.15) is 31.2 Å². The van der Waals surface area contributed by atoms with Gasteiger partial charge in [0.2, 0.25) is 10.0 Å². The summed E-state index contributed by atoms with van der Waals surface area (Å²) >= 11 is 0. The summed E-state index contributed by atoms with van der Waals surface area (Å²) in [6.45, 7) is 0.862. The lowest BCUT2D eigenvalue weighted by Gasteiger charge is -2.32. The van der Waals surface area contributed by atoms with Crippen LogP contribution in [0.4, 0.5) is 13.2 Å². The molecule has 0 unspecified atom stereocenters. The van der Waals surface area contributed by atoms with Crippen LogP contribution in [0.15, 0.2) is 34.3 Å². The van der Waals surface area contributed by atoms with E-state index in [-0.39, 0.29) is 23.9 Å². The molecule has 31 heavy (non-hydrogen) atoms. The molecule has 2 heterocycles. The first-order valence-corrected chi connectivity index (χ1v) is 11.6. The van der Waals surface area contributed by atoms with Gasteiger partial charge in [-0.05, 0) is 42.9 Å². The topological polar surface area (TPSA) is 79.3 Å². The van der Waals surface area contributed by atoms with Crippen molar-refractivity contribution >= 4 is 21.6 Å².